The van der Waals surface area contributed by atoms with Crippen molar-refractivity contribution in [3.05, 3.63) is 24.3 Å². The fraction of sp³-hybridized carbons (Fsp3) is 0.167. The van der Waals surface area contributed by atoms with Crippen molar-refractivity contribution in [3.8, 4) is 0 Å². The van der Waals surface area contributed by atoms with Crippen LogP contribution in [0.5, 0.6) is 0 Å². The van der Waals surface area contributed by atoms with Gasteiger partial charge in [-0.15, -0.1) is 0 Å². The van der Waals surface area contributed by atoms with E-state index in [4.69, 9.17) is 5.11 Å². The monoisotopic (exact) mass is 112 g/mol. The quantitative estimate of drug-likeness (QED) is 0.430. The van der Waals surface area contributed by atoms with Crippen LogP contribution in [0.15, 0.2) is 24.3 Å². The maximum atomic E-state index is 10.0. The van der Waals surface area contributed by atoms with E-state index in [1.165, 1.54) is 12.2 Å². The molecule has 0 spiro atoms. The normalized spacial score (nSPS) is 10.9. The zero-order valence-electron chi connectivity index (χ0n) is 4.72. The maximum absolute atomic E-state index is 10.0. The number of hydrogen-bond acceptors (Lipinski definition) is 1. The summed E-state index contributed by atoms with van der Waals surface area (Å²) in [5.41, 5.74) is 0.241. The second-order valence-corrected chi connectivity index (χ2v) is 1.25. The van der Waals surface area contributed by atoms with Gasteiger partial charge in [0.05, 0.1) is 5.57 Å². The van der Waals surface area contributed by atoms with E-state index >= 15 is 0 Å². The lowest BCUT2D eigenvalue weighted by atomic mass is 10.3. The summed E-state index contributed by atoms with van der Waals surface area (Å²) in [7, 11) is 0. The van der Waals surface area contributed by atoms with Gasteiger partial charge in [0, 0.05) is 0 Å². The van der Waals surface area contributed by atoms with Gasteiger partial charge in [0.1, 0.15) is 0 Å². The Morgan fingerprint density at radius 2 is 2.25 bits per heavy atom. The number of hydrogen-bond donors (Lipinski definition) is 1. The lowest BCUT2D eigenvalue weighted by Crippen LogP contribution is -1.95. The van der Waals surface area contributed by atoms with E-state index in [2.05, 4.69) is 6.58 Å². The first-order chi connectivity index (χ1) is 3.72. The van der Waals surface area contributed by atoms with Crippen molar-refractivity contribution in [2.75, 3.05) is 0 Å². The lowest BCUT2D eigenvalue weighted by molar-refractivity contribution is -0.132. The van der Waals surface area contributed by atoms with Gasteiger partial charge < -0.3 is 5.11 Å². The third kappa shape index (κ3) is 1.60. The Morgan fingerprint density at radius 1 is 1.75 bits per heavy atom. The smallest absolute Gasteiger partial charge is 0.335 e. The summed E-state index contributed by atoms with van der Waals surface area (Å²) in [5, 5.41) is 8.23. The Hall–Kier alpha value is -1.05. The van der Waals surface area contributed by atoms with Crippen LogP contribution in [-0.4, -0.2) is 11.1 Å². The van der Waals surface area contributed by atoms with E-state index < -0.39 is 5.97 Å². The van der Waals surface area contributed by atoms with Gasteiger partial charge in [0.25, 0.3) is 0 Å². The van der Waals surface area contributed by atoms with Gasteiger partial charge in [-0.25, -0.2) is 4.79 Å². The first kappa shape index (κ1) is 6.95. The molecule has 0 heterocycles. The molecule has 0 amide bonds. The summed E-state index contributed by atoms with van der Waals surface area (Å²) in [5.74, 6) is -0.928. The maximum Gasteiger partial charge on any atom is 0.335 e. The molecule has 0 aromatic heterocycles. The van der Waals surface area contributed by atoms with Crippen LogP contribution in [0.25, 0.3) is 0 Å². The number of aliphatic carboxylic acids is 1. The summed E-state index contributed by atoms with van der Waals surface area (Å²) in [6.07, 6.45) is 2.80. The standard InChI is InChI=1S/C6H8O2/c1-3-5(4-2)6(7)8/h3-4H,1H2,2H3,(H,7,8)/b5-4+. The molecule has 0 fully saturated rings. The minimum atomic E-state index is -0.928. The Balaban J connectivity index is 4.13. The average Bonchev–Trinajstić information content (AvgIpc) is 1.69. The van der Waals surface area contributed by atoms with Crippen molar-refractivity contribution in [2.24, 2.45) is 0 Å². The van der Waals surface area contributed by atoms with Crippen LogP contribution < -0.4 is 0 Å². The SMILES string of the molecule is C=C/C(=C\C)C(=O)O. The van der Waals surface area contributed by atoms with Gasteiger partial charge in [-0.05, 0) is 6.92 Å². The van der Waals surface area contributed by atoms with Crippen molar-refractivity contribution in [1.82, 2.24) is 0 Å². The highest BCUT2D eigenvalue weighted by Gasteiger charge is 1.96. The molecule has 8 heavy (non-hydrogen) atoms. The van der Waals surface area contributed by atoms with E-state index in [0.29, 0.717) is 0 Å². The molecule has 0 unspecified atom stereocenters. The summed E-state index contributed by atoms with van der Waals surface area (Å²) < 4.78 is 0. The molecule has 1 N–H and O–H groups in total. The summed E-state index contributed by atoms with van der Waals surface area (Å²) in [6.45, 7) is 4.96. The third-order valence-electron chi connectivity index (χ3n) is 0.778. The Morgan fingerprint density at radius 3 is 2.25 bits per heavy atom. The van der Waals surface area contributed by atoms with Gasteiger partial charge in [0.15, 0.2) is 0 Å². The van der Waals surface area contributed by atoms with E-state index in [0.717, 1.165) is 0 Å². The van der Waals surface area contributed by atoms with E-state index in [-0.39, 0.29) is 5.57 Å². The van der Waals surface area contributed by atoms with Gasteiger partial charge in [-0.2, -0.15) is 0 Å². The molecule has 0 radical (unpaired) electrons. The minimum absolute atomic E-state index is 0.241. The molecule has 0 aromatic rings. The van der Waals surface area contributed by atoms with E-state index in [9.17, 15) is 4.79 Å². The van der Waals surface area contributed by atoms with E-state index in [1.807, 2.05) is 0 Å². The summed E-state index contributed by atoms with van der Waals surface area (Å²) >= 11 is 0. The van der Waals surface area contributed by atoms with Crippen molar-refractivity contribution >= 4 is 5.97 Å². The Labute approximate surface area is 48.1 Å². The molecular formula is C6H8O2. The van der Waals surface area contributed by atoms with Crippen LogP contribution in [-0.2, 0) is 4.79 Å². The molecule has 0 atom stereocenters. The fourth-order valence-corrected chi connectivity index (χ4v) is 0.329. The molecule has 0 aliphatic rings. The van der Waals surface area contributed by atoms with E-state index in [1.54, 1.807) is 6.92 Å². The van der Waals surface area contributed by atoms with Crippen LogP contribution in [0.2, 0.25) is 0 Å². The molecule has 0 saturated heterocycles. The molecule has 0 saturated carbocycles. The predicted octanol–water partition coefficient (Wildman–Crippen LogP) is 1.20. The van der Waals surface area contributed by atoms with Crippen molar-refractivity contribution in [3.63, 3.8) is 0 Å². The van der Waals surface area contributed by atoms with Gasteiger partial charge in [0.2, 0.25) is 0 Å². The molecule has 0 bridgehead atoms. The first-order valence-corrected chi connectivity index (χ1v) is 2.24. The molecule has 0 aliphatic heterocycles. The number of carboxylic acids is 1. The largest absolute Gasteiger partial charge is 0.478 e. The minimum Gasteiger partial charge on any atom is -0.478 e. The van der Waals surface area contributed by atoms with Crippen LogP contribution in [0, 0.1) is 0 Å². The summed E-state index contributed by atoms with van der Waals surface area (Å²) in [6, 6.07) is 0. The van der Waals surface area contributed by atoms with Crippen molar-refractivity contribution in [1.29, 1.82) is 0 Å². The molecule has 0 rings (SSSR count). The fourth-order valence-electron chi connectivity index (χ4n) is 0.329. The molecule has 2 heteroatoms. The molecule has 0 aliphatic carbocycles. The number of rotatable bonds is 2. The van der Waals surface area contributed by atoms with Gasteiger partial charge in [-0.1, -0.05) is 18.7 Å². The second-order valence-electron chi connectivity index (χ2n) is 1.25. The van der Waals surface area contributed by atoms with Crippen LogP contribution in [0.1, 0.15) is 6.92 Å². The number of allylic oxidation sites excluding steroid dienone is 1. The highest BCUT2D eigenvalue weighted by Crippen LogP contribution is 1.92. The zero-order chi connectivity index (χ0) is 6.57. The Kier molecular flexibility index (Phi) is 2.62. The molecule has 0 aromatic carbocycles. The number of carbonyl (C=O) groups is 1. The van der Waals surface area contributed by atoms with Crippen molar-refractivity contribution < 1.29 is 9.90 Å². The number of carboxylic acid groups (broad SMARTS) is 1. The van der Waals surface area contributed by atoms with Crippen molar-refractivity contribution in [2.45, 2.75) is 6.92 Å². The molecular weight excluding hydrogens is 104 g/mol. The van der Waals surface area contributed by atoms with Gasteiger partial charge in [-0.3, -0.25) is 0 Å². The Bertz CT molecular complexity index is 133. The zero-order valence-corrected chi connectivity index (χ0v) is 4.72. The summed E-state index contributed by atoms with van der Waals surface area (Å²) in [4.78, 5) is 10.0. The predicted molar refractivity (Wildman–Crippen MR) is 31.6 cm³/mol. The molecule has 44 valence electrons. The lowest BCUT2D eigenvalue weighted by Gasteiger charge is -1.86. The van der Waals surface area contributed by atoms with Gasteiger partial charge >= 0.3 is 5.97 Å². The van der Waals surface area contributed by atoms with Crippen LogP contribution in [0.4, 0.5) is 0 Å². The molecule has 2 nitrogen and oxygen atoms in total. The highest BCUT2D eigenvalue weighted by molar-refractivity contribution is 5.89. The highest BCUT2D eigenvalue weighted by atomic mass is 16.4. The first-order valence-electron chi connectivity index (χ1n) is 2.24. The van der Waals surface area contributed by atoms with Crippen LogP contribution >= 0.6 is 0 Å². The van der Waals surface area contributed by atoms with Crippen LogP contribution in [0.3, 0.4) is 0 Å². The third-order valence-corrected chi connectivity index (χ3v) is 0.778. The second kappa shape index (κ2) is 3.02. The average molecular weight is 112 g/mol. The topological polar surface area (TPSA) is 37.3 Å².